The van der Waals surface area contributed by atoms with E-state index in [1.807, 2.05) is 31.2 Å². The molecule has 0 radical (unpaired) electrons. The van der Waals surface area contributed by atoms with E-state index in [1.165, 1.54) is 0 Å². The lowest BCUT2D eigenvalue weighted by molar-refractivity contribution is 1.23. The molecule has 3 aromatic rings. The lowest BCUT2D eigenvalue weighted by atomic mass is 10.1. The third kappa shape index (κ3) is 2.04. The number of benzene rings is 2. The number of rotatable bonds is 1. The van der Waals surface area contributed by atoms with Gasteiger partial charge in [0.05, 0.1) is 11.2 Å². The predicted octanol–water partition coefficient (Wildman–Crippen LogP) is 3.42. The summed E-state index contributed by atoms with van der Waals surface area (Å²) in [5.41, 5.74) is 15.2. The Morgan fingerprint density at radius 3 is 2.35 bits per heavy atom. The normalized spacial score (nSPS) is 10.9. The van der Waals surface area contributed by atoms with Crippen molar-refractivity contribution >= 4 is 34.0 Å². The largest absolute Gasteiger partial charge is 0.397 e. The lowest BCUT2D eigenvalue weighted by Crippen LogP contribution is -2.01. The summed E-state index contributed by atoms with van der Waals surface area (Å²) >= 11 is 5.89. The van der Waals surface area contributed by atoms with E-state index in [9.17, 15) is 0 Å². The first-order valence-corrected chi connectivity index (χ1v) is 6.52. The Kier molecular flexibility index (Phi) is 2.95. The molecule has 1 aromatic heterocycles. The predicted molar refractivity (Wildman–Crippen MR) is 83.5 cm³/mol. The van der Waals surface area contributed by atoms with Gasteiger partial charge >= 0.3 is 0 Å². The van der Waals surface area contributed by atoms with E-state index >= 15 is 0 Å². The lowest BCUT2D eigenvalue weighted by Gasteiger charge is -2.09. The SMILES string of the molecule is Cc1ccc2c(N)nc(-c3ccc(Cl)cc3)nc2c1N. The van der Waals surface area contributed by atoms with Gasteiger partial charge in [-0.2, -0.15) is 0 Å². The van der Waals surface area contributed by atoms with Crippen LogP contribution in [-0.4, -0.2) is 9.97 Å². The van der Waals surface area contributed by atoms with Crippen molar-refractivity contribution in [3.8, 4) is 11.4 Å². The molecule has 100 valence electrons. The minimum absolute atomic E-state index is 0.423. The van der Waals surface area contributed by atoms with E-state index in [0.717, 1.165) is 16.5 Å². The van der Waals surface area contributed by atoms with Crippen molar-refractivity contribution in [2.24, 2.45) is 0 Å². The molecule has 3 rings (SSSR count). The maximum Gasteiger partial charge on any atom is 0.162 e. The zero-order valence-corrected chi connectivity index (χ0v) is 11.6. The van der Waals surface area contributed by atoms with Gasteiger partial charge in [0.25, 0.3) is 0 Å². The van der Waals surface area contributed by atoms with Crippen LogP contribution in [0.2, 0.25) is 5.02 Å². The van der Waals surface area contributed by atoms with Crippen molar-refractivity contribution in [2.45, 2.75) is 6.92 Å². The molecule has 0 fully saturated rings. The van der Waals surface area contributed by atoms with Crippen LogP contribution < -0.4 is 11.5 Å². The summed E-state index contributed by atoms with van der Waals surface area (Å²) in [6.45, 7) is 1.94. The summed E-state index contributed by atoms with van der Waals surface area (Å²) in [6.07, 6.45) is 0. The van der Waals surface area contributed by atoms with Gasteiger partial charge in [0.15, 0.2) is 5.82 Å². The number of halogens is 1. The number of hydrogen-bond acceptors (Lipinski definition) is 4. The molecule has 0 unspecified atom stereocenters. The Labute approximate surface area is 121 Å². The molecule has 1 heterocycles. The van der Waals surface area contributed by atoms with Gasteiger partial charge in [-0.1, -0.05) is 17.7 Å². The van der Waals surface area contributed by atoms with Gasteiger partial charge < -0.3 is 11.5 Å². The first-order chi connectivity index (χ1) is 9.56. The maximum absolute atomic E-state index is 6.09. The number of hydrogen-bond donors (Lipinski definition) is 2. The second kappa shape index (κ2) is 4.65. The van der Waals surface area contributed by atoms with Crippen LogP contribution in [0.3, 0.4) is 0 Å². The molecule has 0 saturated carbocycles. The monoisotopic (exact) mass is 284 g/mol. The van der Waals surface area contributed by atoms with Gasteiger partial charge in [0.2, 0.25) is 0 Å². The molecule has 5 heteroatoms. The zero-order valence-electron chi connectivity index (χ0n) is 10.9. The summed E-state index contributed by atoms with van der Waals surface area (Å²) in [6, 6.07) is 11.1. The fourth-order valence-corrected chi connectivity index (χ4v) is 2.20. The quantitative estimate of drug-likeness (QED) is 0.671. The Morgan fingerprint density at radius 2 is 1.65 bits per heavy atom. The van der Waals surface area contributed by atoms with E-state index < -0.39 is 0 Å². The molecule has 0 saturated heterocycles. The molecule has 2 aromatic carbocycles. The van der Waals surface area contributed by atoms with E-state index in [0.29, 0.717) is 27.9 Å². The van der Waals surface area contributed by atoms with Crippen LogP contribution in [0.25, 0.3) is 22.3 Å². The highest BCUT2D eigenvalue weighted by atomic mass is 35.5. The molecule has 0 aliphatic heterocycles. The third-order valence-electron chi connectivity index (χ3n) is 3.26. The summed E-state index contributed by atoms with van der Waals surface area (Å²) < 4.78 is 0. The van der Waals surface area contributed by atoms with E-state index in [2.05, 4.69) is 9.97 Å². The number of aryl methyl sites for hydroxylation is 1. The molecule has 0 bridgehead atoms. The number of nitrogens with zero attached hydrogens (tertiary/aromatic N) is 2. The van der Waals surface area contributed by atoms with Crippen LogP contribution in [0.5, 0.6) is 0 Å². The van der Waals surface area contributed by atoms with E-state index in [-0.39, 0.29) is 0 Å². The van der Waals surface area contributed by atoms with Crippen LogP contribution in [0.15, 0.2) is 36.4 Å². The number of fused-ring (bicyclic) bond motifs is 1. The second-order valence-electron chi connectivity index (χ2n) is 4.63. The molecule has 0 aliphatic carbocycles. The van der Waals surface area contributed by atoms with Crippen molar-refractivity contribution in [1.82, 2.24) is 9.97 Å². The molecule has 0 amide bonds. The first kappa shape index (κ1) is 12.7. The Bertz CT molecular complexity index is 797. The van der Waals surface area contributed by atoms with Gasteiger partial charge in [-0.05, 0) is 42.8 Å². The topological polar surface area (TPSA) is 77.8 Å². The fourth-order valence-electron chi connectivity index (χ4n) is 2.07. The van der Waals surface area contributed by atoms with Crippen LogP contribution in [0, 0.1) is 6.92 Å². The van der Waals surface area contributed by atoms with Crippen molar-refractivity contribution in [2.75, 3.05) is 11.5 Å². The standard InChI is InChI=1S/C15H13ClN4/c1-8-2-7-11-13(12(8)17)19-15(20-14(11)18)9-3-5-10(16)6-4-9/h2-7H,17H2,1H3,(H2,18,19,20). The summed E-state index contributed by atoms with van der Waals surface area (Å²) in [5, 5.41) is 1.43. The third-order valence-corrected chi connectivity index (χ3v) is 3.51. The minimum Gasteiger partial charge on any atom is -0.397 e. The number of nitrogen functional groups attached to an aromatic ring is 2. The molecule has 20 heavy (non-hydrogen) atoms. The Morgan fingerprint density at radius 1 is 0.950 bits per heavy atom. The molecular formula is C15H13ClN4. The minimum atomic E-state index is 0.423. The van der Waals surface area contributed by atoms with Crippen molar-refractivity contribution in [3.63, 3.8) is 0 Å². The molecule has 4 N–H and O–H groups in total. The Balaban J connectivity index is 2.28. The number of anilines is 2. The highest BCUT2D eigenvalue weighted by molar-refractivity contribution is 6.30. The van der Waals surface area contributed by atoms with Crippen LogP contribution in [0.1, 0.15) is 5.56 Å². The van der Waals surface area contributed by atoms with Gasteiger partial charge in [-0.25, -0.2) is 9.97 Å². The summed E-state index contributed by atoms with van der Waals surface area (Å²) in [4.78, 5) is 8.88. The van der Waals surface area contributed by atoms with Crippen LogP contribution >= 0.6 is 11.6 Å². The van der Waals surface area contributed by atoms with Crippen molar-refractivity contribution < 1.29 is 0 Å². The summed E-state index contributed by atoms with van der Waals surface area (Å²) in [7, 11) is 0. The van der Waals surface area contributed by atoms with Crippen LogP contribution in [0.4, 0.5) is 11.5 Å². The van der Waals surface area contributed by atoms with Gasteiger partial charge in [-0.3, -0.25) is 0 Å². The average molecular weight is 285 g/mol. The Hall–Kier alpha value is -2.33. The molecule has 4 nitrogen and oxygen atoms in total. The highest BCUT2D eigenvalue weighted by Gasteiger charge is 2.10. The zero-order chi connectivity index (χ0) is 14.3. The molecular weight excluding hydrogens is 272 g/mol. The smallest absolute Gasteiger partial charge is 0.162 e. The van der Waals surface area contributed by atoms with Gasteiger partial charge in [-0.15, -0.1) is 0 Å². The molecule has 0 spiro atoms. The van der Waals surface area contributed by atoms with E-state index in [1.54, 1.807) is 12.1 Å². The fraction of sp³-hybridized carbons (Fsp3) is 0.0667. The summed E-state index contributed by atoms with van der Waals surface area (Å²) in [5.74, 6) is 0.968. The van der Waals surface area contributed by atoms with Gasteiger partial charge in [0, 0.05) is 16.0 Å². The van der Waals surface area contributed by atoms with Crippen molar-refractivity contribution in [1.29, 1.82) is 0 Å². The molecule has 0 aliphatic rings. The highest BCUT2D eigenvalue weighted by Crippen LogP contribution is 2.29. The first-order valence-electron chi connectivity index (χ1n) is 6.14. The second-order valence-corrected chi connectivity index (χ2v) is 5.07. The maximum atomic E-state index is 6.09. The van der Waals surface area contributed by atoms with Crippen molar-refractivity contribution in [3.05, 3.63) is 47.0 Å². The average Bonchev–Trinajstić information content (AvgIpc) is 2.44. The number of aromatic nitrogens is 2. The van der Waals surface area contributed by atoms with E-state index in [4.69, 9.17) is 23.1 Å². The number of nitrogens with two attached hydrogens (primary N) is 2. The van der Waals surface area contributed by atoms with Gasteiger partial charge in [0.1, 0.15) is 5.82 Å². The van der Waals surface area contributed by atoms with Crippen LogP contribution in [-0.2, 0) is 0 Å². The molecule has 0 atom stereocenters.